The summed E-state index contributed by atoms with van der Waals surface area (Å²) < 4.78 is 60.1. The number of aryl methyl sites for hydroxylation is 1. The van der Waals surface area contributed by atoms with Crippen LogP contribution in [-0.2, 0) is 19.6 Å². The number of carbonyl (C=O) groups is 2. The normalized spacial score (nSPS) is 19.3. The molecule has 0 bridgehead atoms. The quantitative estimate of drug-likeness (QED) is 0.511. The van der Waals surface area contributed by atoms with Crippen molar-refractivity contribution in [1.29, 1.82) is 0 Å². The number of amides is 1. The molecule has 9 nitrogen and oxygen atoms in total. The highest BCUT2D eigenvalue weighted by molar-refractivity contribution is 7.89. The van der Waals surface area contributed by atoms with Gasteiger partial charge < -0.3 is 15.3 Å². The fourth-order valence-electron chi connectivity index (χ4n) is 4.30. The van der Waals surface area contributed by atoms with Crippen LogP contribution in [0.5, 0.6) is 0 Å². The van der Waals surface area contributed by atoms with Crippen molar-refractivity contribution in [1.82, 2.24) is 19.4 Å². The SMILES string of the molecule is Cc1cccc(S(=O)(=O)N(CCC(=O)N2CCNCC2)CCN2CCCCC2C)c1.O=C(O)C(F)(F)F. The van der Waals surface area contributed by atoms with E-state index in [2.05, 4.69) is 17.1 Å². The molecule has 13 heteroatoms. The summed E-state index contributed by atoms with van der Waals surface area (Å²) in [4.78, 5) is 26.1. The third-order valence-electron chi connectivity index (χ3n) is 6.49. The number of carbonyl (C=O) groups excluding carboxylic acids is 1. The maximum atomic E-state index is 13.4. The van der Waals surface area contributed by atoms with Gasteiger partial charge in [-0.3, -0.25) is 9.69 Å². The van der Waals surface area contributed by atoms with Gasteiger partial charge in [-0.15, -0.1) is 0 Å². The predicted octanol–water partition coefficient (Wildman–Crippen LogP) is 2.32. The number of halogens is 3. The lowest BCUT2D eigenvalue weighted by atomic mass is 10.0. The van der Waals surface area contributed by atoms with Gasteiger partial charge in [-0.25, -0.2) is 13.2 Å². The first-order valence-electron chi connectivity index (χ1n) is 12.4. The lowest BCUT2D eigenvalue weighted by Gasteiger charge is -2.35. The van der Waals surface area contributed by atoms with Crippen molar-refractivity contribution in [2.45, 2.75) is 56.6 Å². The topological polar surface area (TPSA) is 110 Å². The van der Waals surface area contributed by atoms with Gasteiger partial charge in [-0.1, -0.05) is 18.6 Å². The van der Waals surface area contributed by atoms with Gasteiger partial charge in [0.15, 0.2) is 0 Å². The van der Waals surface area contributed by atoms with Crippen LogP contribution in [-0.4, -0.2) is 104 Å². The smallest absolute Gasteiger partial charge is 0.475 e. The van der Waals surface area contributed by atoms with Crippen LogP contribution in [0.1, 0.15) is 38.2 Å². The van der Waals surface area contributed by atoms with E-state index in [1.807, 2.05) is 17.9 Å². The summed E-state index contributed by atoms with van der Waals surface area (Å²) >= 11 is 0. The first-order chi connectivity index (χ1) is 17.3. The highest BCUT2D eigenvalue weighted by atomic mass is 32.2. The Bertz CT molecular complexity index is 1000. The summed E-state index contributed by atoms with van der Waals surface area (Å²) in [5.41, 5.74) is 0.914. The van der Waals surface area contributed by atoms with E-state index in [0.29, 0.717) is 37.1 Å². The third-order valence-corrected chi connectivity index (χ3v) is 8.39. The number of benzene rings is 1. The van der Waals surface area contributed by atoms with Crippen LogP contribution in [0, 0.1) is 6.92 Å². The average molecular weight is 551 g/mol. The fourth-order valence-corrected chi connectivity index (χ4v) is 5.84. The van der Waals surface area contributed by atoms with Gasteiger partial charge in [0, 0.05) is 58.3 Å². The molecule has 2 heterocycles. The molecule has 2 fully saturated rings. The van der Waals surface area contributed by atoms with E-state index < -0.39 is 22.2 Å². The molecule has 2 N–H and O–H groups in total. The summed E-state index contributed by atoms with van der Waals surface area (Å²) in [5, 5.41) is 10.4. The summed E-state index contributed by atoms with van der Waals surface area (Å²) in [6, 6.07) is 7.51. The summed E-state index contributed by atoms with van der Waals surface area (Å²) in [5.74, 6) is -2.72. The summed E-state index contributed by atoms with van der Waals surface area (Å²) in [7, 11) is -3.64. The Labute approximate surface area is 216 Å². The van der Waals surface area contributed by atoms with Gasteiger partial charge in [-0.2, -0.15) is 17.5 Å². The Morgan fingerprint density at radius 1 is 1.14 bits per heavy atom. The lowest BCUT2D eigenvalue weighted by Crippen LogP contribution is -2.48. The van der Waals surface area contributed by atoms with Gasteiger partial charge in [0.2, 0.25) is 15.9 Å². The van der Waals surface area contributed by atoms with Crippen molar-refractivity contribution < 1.29 is 36.3 Å². The van der Waals surface area contributed by atoms with E-state index in [1.54, 1.807) is 18.2 Å². The molecular formula is C24H37F3N4O5S. The number of piperidine rings is 1. The number of carboxylic acids is 1. The average Bonchev–Trinajstić information content (AvgIpc) is 2.85. The second-order valence-electron chi connectivity index (χ2n) is 9.29. The Kier molecular flexibility index (Phi) is 11.8. The number of carboxylic acid groups (broad SMARTS) is 1. The number of aliphatic carboxylic acids is 1. The van der Waals surface area contributed by atoms with Crippen LogP contribution in [0.3, 0.4) is 0 Å². The molecule has 1 aromatic carbocycles. The number of nitrogens with one attached hydrogen (secondary N) is 1. The first kappa shape index (κ1) is 31.0. The van der Waals surface area contributed by atoms with Gasteiger partial charge in [-0.05, 0) is 50.9 Å². The number of hydrogen-bond acceptors (Lipinski definition) is 6. The zero-order chi connectivity index (χ0) is 27.6. The molecule has 0 aromatic heterocycles. The summed E-state index contributed by atoms with van der Waals surface area (Å²) in [6.07, 6.45) is -1.30. The van der Waals surface area contributed by atoms with Crippen molar-refractivity contribution in [3.63, 3.8) is 0 Å². The first-order valence-corrected chi connectivity index (χ1v) is 13.9. The standard InChI is InChI=1S/C22H36N4O3S.C2HF3O2/c1-19-6-5-8-21(18-19)30(28,29)26(17-16-24-12-4-3-7-20(24)2)13-9-22(27)25-14-10-23-11-15-25;3-2(4,5)1(6)7/h5-6,8,18,20,23H,3-4,7,9-17H2,1-2H3;(H,6,7). The van der Waals surface area contributed by atoms with Crippen molar-refractivity contribution in [3.05, 3.63) is 29.8 Å². The molecular weight excluding hydrogens is 513 g/mol. The maximum absolute atomic E-state index is 13.4. The predicted molar refractivity (Wildman–Crippen MR) is 133 cm³/mol. The lowest BCUT2D eigenvalue weighted by molar-refractivity contribution is -0.192. The van der Waals surface area contributed by atoms with Crippen LogP contribution in [0.4, 0.5) is 13.2 Å². The van der Waals surface area contributed by atoms with Crippen LogP contribution in [0.25, 0.3) is 0 Å². The van der Waals surface area contributed by atoms with Crippen molar-refractivity contribution in [2.24, 2.45) is 0 Å². The van der Waals surface area contributed by atoms with Crippen molar-refractivity contribution in [3.8, 4) is 0 Å². The number of sulfonamides is 1. The summed E-state index contributed by atoms with van der Waals surface area (Å²) in [6.45, 7) is 9.43. The monoisotopic (exact) mass is 550 g/mol. The molecule has 2 aliphatic heterocycles. The van der Waals surface area contributed by atoms with E-state index in [1.165, 1.54) is 10.7 Å². The minimum atomic E-state index is -5.08. The number of hydrogen-bond donors (Lipinski definition) is 2. The van der Waals surface area contributed by atoms with Gasteiger partial charge in [0.05, 0.1) is 4.90 Å². The van der Waals surface area contributed by atoms with E-state index in [9.17, 15) is 26.4 Å². The molecule has 2 aliphatic rings. The minimum absolute atomic E-state index is 0.0345. The maximum Gasteiger partial charge on any atom is 0.490 e. The van der Waals surface area contributed by atoms with Gasteiger partial charge in [0.1, 0.15) is 0 Å². The number of nitrogens with zero attached hydrogens (tertiary/aromatic N) is 3. The highest BCUT2D eigenvalue weighted by Gasteiger charge is 2.38. The molecule has 210 valence electrons. The van der Waals surface area contributed by atoms with Gasteiger partial charge in [0.25, 0.3) is 0 Å². The van der Waals surface area contributed by atoms with Crippen molar-refractivity contribution >= 4 is 21.9 Å². The number of rotatable bonds is 8. The number of likely N-dealkylation sites (tertiary alicyclic amines) is 1. The van der Waals surface area contributed by atoms with Crippen LogP contribution >= 0.6 is 0 Å². The molecule has 0 aliphatic carbocycles. The minimum Gasteiger partial charge on any atom is -0.475 e. The Morgan fingerprint density at radius 2 is 1.78 bits per heavy atom. The molecule has 0 saturated carbocycles. The molecule has 0 radical (unpaired) electrons. The largest absolute Gasteiger partial charge is 0.490 e. The van der Waals surface area contributed by atoms with Crippen LogP contribution in [0.15, 0.2) is 29.2 Å². The molecule has 37 heavy (non-hydrogen) atoms. The van der Waals surface area contributed by atoms with Crippen LogP contribution in [0.2, 0.25) is 0 Å². The Hall–Kier alpha value is -2.22. The molecule has 2 saturated heterocycles. The third kappa shape index (κ3) is 9.87. The number of piperazine rings is 1. The molecule has 1 aromatic rings. The molecule has 0 spiro atoms. The second-order valence-corrected chi connectivity index (χ2v) is 11.2. The molecule has 1 amide bonds. The second kappa shape index (κ2) is 14.1. The van der Waals surface area contributed by atoms with Crippen LogP contribution < -0.4 is 5.32 Å². The zero-order valence-electron chi connectivity index (χ0n) is 21.3. The van der Waals surface area contributed by atoms with E-state index in [-0.39, 0.29) is 18.9 Å². The molecule has 3 rings (SSSR count). The Morgan fingerprint density at radius 3 is 2.35 bits per heavy atom. The van der Waals surface area contributed by atoms with E-state index in [4.69, 9.17) is 9.90 Å². The number of alkyl halides is 3. The molecule has 1 atom stereocenters. The fraction of sp³-hybridized carbons (Fsp3) is 0.667. The highest BCUT2D eigenvalue weighted by Crippen LogP contribution is 2.20. The van der Waals surface area contributed by atoms with Gasteiger partial charge >= 0.3 is 12.1 Å². The molecule has 1 unspecified atom stereocenters. The zero-order valence-corrected chi connectivity index (χ0v) is 22.2. The van der Waals surface area contributed by atoms with Crippen molar-refractivity contribution in [2.75, 3.05) is 52.4 Å². The van der Waals surface area contributed by atoms with E-state index >= 15 is 0 Å². The Balaban J connectivity index is 0.000000604. The van der Waals surface area contributed by atoms with E-state index in [0.717, 1.165) is 38.0 Å².